The average Bonchev–Trinajstić information content (AvgIpc) is 3.09. The highest BCUT2D eigenvalue weighted by molar-refractivity contribution is 7.99. The summed E-state index contributed by atoms with van der Waals surface area (Å²) < 4.78 is 1.88. The fraction of sp³-hybridized carbons (Fsp3) is 0.750. The smallest absolute Gasteiger partial charge is 0.190 e. The molecule has 2 rings (SSSR count). The van der Waals surface area contributed by atoms with Crippen molar-refractivity contribution in [2.45, 2.75) is 43.4 Å². The zero-order chi connectivity index (χ0) is 13.2. The third kappa shape index (κ3) is 2.85. The fourth-order valence-electron chi connectivity index (χ4n) is 2.11. The summed E-state index contributed by atoms with van der Waals surface area (Å²) in [5.74, 6) is 1.20. The van der Waals surface area contributed by atoms with Crippen LogP contribution in [0.3, 0.4) is 0 Å². The molecule has 0 aromatic carbocycles. The van der Waals surface area contributed by atoms with Gasteiger partial charge in [-0.05, 0) is 32.6 Å². The molecule has 0 bridgehead atoms. The Morgan fingerprint density at radius 2 is 2.39 bits per heavy atom. The maximum absolute atomic E-state index is 9.57. The predicted molar refractivity (Wildman–Crippen MR) is 71.1 cm³/mol. The number of hydrogen-bond acceptors (Lipinski definition) is 5. The van der Waals surface area contributed by atoms with E-state index in [1.807, 2.05) is 11.6 Å². The van der Waals surface area contributed by atoms with Crippen molar-refractivity contribution >= 4 is 11.8 Å². The molecule has 1 aliphatic carbocycles. The van der Waals surface area contributed by atoms with Gasteiger partial charge in [0, 0.05) is 18.8 Å². The molecule has 0 spiro atoms. The molecular formula is C12H19N5S. The largest absolute Gasteiger partial charge is 0.312 e. The third-order valence-corrected chi connectivity index (χ3v) is 4.35. The monoisotopic (exact) mass is 265 g/mol. The third-order valence-electron chi connectivity index (χ3n) is 3.12. The zero-order valence-electron chi connectivity index (χ0n) is 11.1. The van der Waals surface area contributed by atoms with Crippen LogP contribution in [0.1, 0.15) is 26.7 Å². The van der Waals surface area contributed by atoms with Gasteiger partial charge in [0.1, 0.15) is 11.9 Å². The topological polar surface area (TPSA) is 66.5 Å². The van der Waals surface area contributed by atoms with Crippen molar-refractivity contribution in [2.24, 2.45) is 13.0 Å². The first-order valence-corrected chi connectivity index (χ1v) is 7.21. The van der Waals surface area contributed by atoms with Crippen molar-refractivity contribution in [3.63, 3.8) is 0 Å². The molecule has 1 heterocycles. The summed E-state index contributed by atoms with van der Waals surface area (Å²) in [5.41, 5.74) is -0.426. The van der Waals surface area contributed by atoms with Crippen LogP contribution in [0.2, 0.25) is 0 Å². The molecule has 1 aromatic heterocycles. The molecule has 18 heavy (non-hydrogen) atoms. The zero-order valence-corrected chi connectivity index (χ0v) is 11.9. The number of nitrogens with zero attached hydrogens (tertiary/aromatic N) is 4. The van der Waals surface area contributed by atoms with Crippen molar-refractivity contribution in [1.82, 2.24) is 20.1 Å². The van der Waals surface area contributed by atoms with E-state index >= 15 is 0 Å². The van der Waals surface area contributed by atoms with E-state index in [4.69, 9.17) is 0 Å². The van der Waals surface area contributed by atoms with Gasteiger partial charge in [0.05, 0.1) is 6.07 Å². The molecule has 0 saturated heterocycles. The Morgan fingerprint density at radius 1 is 1.67 bits per heavy atom. The summed E-state index contributed by atoms with van der Waals surface area (Å²) in [6.07, 6.45) is 3.97. The highest BCUT2D eigenvalue weighted by Gasteiger charge is 2.46. The molecule has 1 saturated carbocycles. The maximum Gasteiger partial charge on any atom is 0.190 e. The van der Waals surface area contributed by atoms with E-state index < -0.39 is 5.54 Å². The summed E-state index contributed by atoms with van der Waals surface area (Å²) >= 11 is 1.60. The summed E-state index contributed by atoms with van der Waals surface area (Å²) in [7, 11) is 1.92. The molecule has 1 atom stereocenters. The van der Waals surface area contributed by atoms with E-state index in [1.54, 1.807) is 18.1 Å². The summed E-state index contributed by atoms with van der Waals surface area (Å²) in [4.78, 5) is 0. The van der Waals surface area contributed by atoms with Gasteiger partial charge in [-0.1, -0.05) is 11.8 Å². The Bertz CT molecular complexity index is 446. The van der Waals surface area contributed by atoms with Gasteiger partial charge in [-0.25, -0.2) is 0 Å². The van der Waals surface area contributed by atoms with E-state index in [-0.39, 0.29) is 0 Å². The second-order valence-corrected chi connectivity index (χ2v) is 6.11. The summed E-state index contributed by atoms with van der Waals surface area (Å²) in [6.45, 7) is 4.17. The van der Waals surface area contributed by atoms with Crippen molar-refractivity contribution in [1.29, 1.82) is 5.26 Å². The van der Waals surface area contributed by atoms with Gasteiger partial charge in [-0.3, -0.25) is 5.32 Å². The van der Waals surface area contributed by atoms with Gasteiger partial charge in [-0.2, -0.15) is 5.26 Å². The van der Waals surface area contributed by atoms with E-state index in [0.717, 1.165) is 23.8 Å². The minimum Gasteiger partial charge on any atom is -0.312 e. The highest BCUT2D eigenvalue weighted by Crippen LogP contribution is 2.42. The molecule has 98 valence electrons. The first-order chi connectivity index (χ1) is 8.57. The minimum atomic E-state index is -0.426. The lowest BCUT2D eigenvalue weighted by molar-refractivity contribution is 0.370. The van der Waals surface area contributed by atoms with Gasteiger partial charge in [-0.15, -0.1) is 10.2 Å². The van der Waals surface area contributed by atoms with E-state index in [1.165, 1.54) is 0 Å². The van der Waals surface area contributed by atoms with Crippen molar-refractivity contribution in [2.75, 3.05) is 5.75 Å². The molecule has 1 unspecified atom stereocenters. The average molecular weight is 265 g/mol. The van der Waals surface area contributed by atoms with Crippen molar-refractivity contribution in [3.05, 3.63) is 6.33 Å². The molecule has 6 heteroatoms. The maximum atomic E-state index is 9.57. The van der Waals surface area contributed by atoms with Crippen LogP contribution in [0.15, 0.2) is 11.5 Å². The Morgan fingerprint density at radius 3 is 2.83 bits per heavy atom. The number of hydrogen-bond donors (Lipinski definition) is 1. The second kappa shape index (κ2) is 5.29. The van der Waals surface area contributed by atoms with Crippen LogP contribution in [0, 0.1) is 17.2 Å². The van der Waals surface area contributed by atoms with E-state index in [9.17, 15) is 5.26 Å². The number of nitrogens with one attached hydrogen (secondary N) is 1. The van der Waals surface area contributed by atoms with Crippen LogP contribution >= 0.6 is 11.8 Å². The molecular weight excluding hydrogens is 246 g/mol. The van der Waals surface area contributed by atoms with Crippen LogP contribution in [0.5, 0.6) is 0 Å². The minimum absolute atomic E-state index is 0.311. The highest BCUT2D eigenvalue weighted by atomic mass is 32.2. The summed E-state index contributed by atoms with van der Waals surface area (Å²) in [5, 5.41) is 21.8. The number of rotatable bonds is 6. The van der Waals surface area contributed by atoms with Crippen LogP contribution in [-0.2, 0) is 7.05 Å². The van der Waals surface area contributed by atoms with Crippen LogP contribution in [0.4, 0.5) is 0 Å². The number of nitriles is 1. The lowest BCUT2D eigenvalue weighted by Gasteiger charge is -2.29. The van der Waals surface area contributed by atoms with Gasteiger partial charge in [0.2, 0.25) is 0 Å². The lowest BCUT2D eigenvalue weighted by atomic mass is 9.96. The Labute approximate surface area is 112 Å². The van der Waals surface area contributed by atoms with Gasteiger partial charge >= 0.3 is 0 Å². The van der Waals surface area contributed by atoms with E-state index in [2.05, 4.69) is 35.4 Å². The molecule has 1 aromatic rings. The van der Waals surface area contributed by atoms with Gasteiger partial charge in [0.25, 0.3) is 0 Å². The molecule has 5 nitrogen and oxygen atoms in total. The van der Waals surface area contributed by atoms with Crippen molar-refractivity contribution < 1.29 is 0 Å². The first kappa shape index (κ1) is 13.4. The molecule has 1 fully saturated rings. The number of aromatic nitrogens is 3. The molecule has 0 radical (unpaired) electrons. The molecule has 1 aliphatic rings. The Kier molecular flexibility index (Phi) is 3.93. The van der Waals surface area contributed by atoms with E-state index in [0.29, 0.717) is 12.0 Å². The second-order valence-electron chi connectivity index (χ2n) is 5.17. The quantitative estimate of drug-likeness (QED) is 0.791. The SMILES string of the molecule is CC(C)NC(C#N)(CSc1nncn1C)C1CC1. The standard InChI is InChI=1S/C12H19N5S/c1-9(2)15-12(6-13,10-4-5-10)7-18-11-16-14-8-17(11)3/h8-10,15H,4-5,7H2,1-3H3. The van der Waals surface area contributed by atoms with Crippen LogP contribution in [-0.4, -0.2) is 32.1 Å². The van der Waals surface area contributed by atoms with Gasteiger partial charge in [0.15, 0.2) is 5.16 Å². The Hall–Kier alpha value is -1.06. The number of thioether (sulfide) groups is 1. The van der Waals surface area contributed by atoms with Crippen molar-refractivity contribution in [3.8, 4) is 6.07 Å². The Balaban J connectivity index is 2.06. The summed E-state index contributed by atoms with van der Waals surface area (Å²) in [6, 6.07) is 2.81. The fourth-order valence-corrected chi connectivity index (χ4v) is 3.20. The molecule has 0 amide bonds. The number of aryl methyl sites for hydroxylation is 1. The molecule has 0 aliphatic heterocycles. The van der Waals surface area contributed by atoms with Gasteiger partial charge < -0.3 is 4.57 Å². The predicted octanol–water partition coefficient (Wildman–Crippen LogP) is 1.58. The normalized spacial score (nSPS) is 18.6. The lowest BCUT2D eigenvalue weighted by Crippen LogP contribution is -2.51. The first-order valence-electron chi connectivity index (χ1n) is 6.23. The van der Waals surface area contributed by atoms with Crippen LogP contribution < -0.4 is 5.32 Å². The molecule has 1 N–H and O–H groups in total. The van der Waals surface area contributed by atoms with Crippen LogP contribution in [0.25, 0.3) is 0 Å².